The van der Waals surface area contributed by atoms with E-state index in [0.717, 1.165) is 6.07 Å². The Kier molecular flexibility index (Phi) is 9.61. The number of anilines is 1. The maximum atomic E-state index is 12.8. The Hall–Kier alpha value is -4.89. The average Bonchev–Trinajstić information content (AvgIpc) is 2.93. The number of nitrogens with one attached hydrogen (secondary N) is 1. The van der Waals surface area contributed by atoms with E-state index in [4.69, 9.17) is 18.9 Å². The number of nitrogens with zero attached hydrogens (tertiary/aromatic N) is 2. The maximum Gasteiger partial charge on any atom is 0.343 e. The SMILES string of the molecule is CCOc1cc(/C=C(\C#N)C(=O)Nc2ccc(OC)cc2[N+](=O)[O-])cc(Br)c1OC(=O)c1ccc(OC)cc1. The van der Waals surface area contributed by atoms with E-state index in [1.54, 1.807) is 37.3 Å². The molecular weight excluding hydrogens is 574 g/mol. The highest BCUT2D eigenvalue weighted by molar-refractivity contribution is 9.10. The molecule has 0 radical (unpaired) electrons. The van der Waals surface area contributed by atoms with Gasteiger partial charge in [-0.3, -0.25) is 14.9 Å². The van der Waals surface area contributed by atoms with Gasteiger partial charge in [0, 0.05) is 0 Å². The van der Waals surface area contributed by atoms with Gasteiger partial charge in [0.2, 0.25) is 0 Å². The molecule has 0 fully saturated rings. The lowest BCUT2D eigenvalue weighted by Gasteiger charge is -2.14. The summed E-state index contributed by atoms with van der Waals surface area (Å²) in [6.07, 6.45) is 1.27. The lowest BCUT2D eigenvalue weighted by Crippen LogP contribution is -2.14. The van der Waals surface area contributed by atoms with Crippen LogP contribution in [0.5, 0.6) is 23.0 Å². The fraction of sp³-hybridized carbons (Fsp3) is 0.148. The molecule has 200 valence electrons. The van der Waals surface area contributed by atoms with Crippen molar-refractivity contribution in [2.75, 3.05) is 26.1 Å². The van der Waals surface area contributed by atoms with Crippen molar-refractivity contribution in [2.45, 2.75) is 6.92 Å². The number of methoxy groups -OCH3 is 2. The molecule has 0 unspecified atom stereocenters. The second-order valence-electron chi connectivity index (χ2n) is 7.65. The van der Waals surface area contributed by atoms with Crippen molar-refractivity contribution in [3.63, 3.8) is 0 Å². The summed E-state index contributed by atoms with van der Waals surface area (Å²) in [4.78, 5) is 36.3. The molecule has 11 nitrogen and oxygen atoms in total. The van der Waals surface area contributed by atoms with Crippen molar-refractivity contribution in [3.05, 3.63) is 85.9 Å². The van der Waals surface area contributed by atoms with Crippen LogP contribution in [-0.2, 0) is 4.79 Å². The smallest absolute Gasteiger partial charge is 0.343 e. The van der Waals surface area contributed by atoms with Crippen LogP contribution in [0.15, 0.2) is 64.6 Å². The zero-order valence-corrected chi connectivity index (χ0v) is 22.6. The first-order valence-electron chi connectivity index (χ1n) is 11.3. The Morgan fingerprint density at radius 1 is 1.08 bits per heavy atom. The number of rotatable bonds is 10. The van der Waals surface area contributed by atoms with Gasteiger partial charge in [-0.15, -0.1) is 0 Å². The average molecular weight is 596 g/mol. The minimum atomic E-state index is -0.866. The molecule has 3 rings (SSSR count). The number of esters is 1. The second-order valence-corrected chi connectivity index (χ2v) is 8.50. The van der Waals surface area contributed by atoms with E-state index in [1.165, 1.54) is 44.6 Å². The molecule has 0 spiro atoms. The highest BCUT2D eigenvalue weighted by Gasteiger charge is 2.21. The van der Waals surface area contributed by atoms with E-state index >= 15 is 0 Å². The molecule has 0 aliphatic heterocycles. The van der Waals surface area contributed by atoms with Crippen LogP contribution >= 0.6 is 15.9 Å². The number of benzene rings is 3. The molecule has 39 heavy (non-hydrogen) atoms. The fourth-order valence-corrected chi connectivity index (χ4v) is 3.85. The lowest BCUT2D eigenvalue weighted by atomic mass is 10.1. The number of nitro groups is 1. The summed E-state index contributed by atoms with van der Waals surface area (Å²) in [5, 5.41) is 23.4. The van der Waals surface area contributed by atoms with Gasteiger partial charge in [0.05, 0.1) is 41.9 Å². The van der Waals surface area contributed by atoms with Crippen LogP contribution < -0.4 is 24.3 Å². The summed E-state index contributed by atoms with van der Waals surface area (Å²) in [5.74, 6) is -0.402. The van der Waals surface area contributed by atoms with Crippen LogP contribution in [0.3, 0.4) is 0 Å². The molecule has 12 heteroatoms. The standard InChI is InChI=1S/C27H22BrN3O8/c1-4-38-24-13-16(12-21(28)25(24)39-27(33)17-5-7-19(36-2)8-6-17)11-18(15-29)26(32)30-22-10-9-20(37-3)14-23(22)31(34)35/h5-14H,4H2,1-3H3,(H,30,32)/b18-11+. The summed E-state index contributed by atoms with van der Waals surface area (Å²) >= 11 is 3.36. The van der Waals surface area contributed by atoms with Crippen molar-refractivity contribution < 1.29 is 33.5 Å². The van der Waals surface area contributed by atoms with Crippen LogP contribution in [0.25, 0.3) is 6.08 Å². The quantitative estimate of drug-likeness (QED) is 0.0795. The van der Waals surface area contributed by atoms with E-state index in [-0.39, 0.29) is 40.7 Å². The van der Waals surface area contributed by atoms with E-state index in [0.29, 0.717) is 15.8 Å². The first kappa shape index (κ1) is 28.7. The number of nitro benzene ring substituents is 1. The predicted octanol–water partition coefficient (Wildman–Crippen LogP) is 5.54. The van der Waals surface area contributed by atoms with Gasteiger partial charge in [-0.05, 0) is 83.0 Å². The van der Waals surface area contributed by atoms with Crippen LogP contribution in [0.1, 0.15) is 22.8 Å². The van der Waals surface area contributed by atoms with Crippen molar-refractivity contribution in [3.8, 4) is 29.1 Å². The van der Waals surface area contributed by atoms with Crippen molar-refractivity contribution in [2.24, 2.45) is 0 Å². The Balaban J connectivity index is 1.90. The van der Waals surface area contributed by atoms with E-state index < -0.39 is 22.5 Å². The molecule has 3 aromatic rings. The van der Waals surface area contributed by atoms with Gasteiger partial charge in [-0.1, -0.05) is 0 Å². The molecule has 0 aromatic heterocycles. The molecule has 0 aliphatic carbocycles. The Morgan fingerprint density at radius 2 is 1.74 bits per heavy atom. The molecule has 0 aliphatic rings. The first-order valence-corrected chi connectivity index (χ1v) is 12.1. The van der Waals surface area contributed by atoms with Crippen molar-refractivity contribution in [1.29, 1.82) is 5.26 Å². The molecule has 0 atom stereocenters. The topological polar surface area (TPSA) is 150 Å². The summed E-state index contributed by atoms with van der Waals surface area (Å²) in [5.41, 5.74) is -0.193. The Bertz CT molecular complexity index is 1480. The summed E-state index contributed by atoms with van der Waals surface area (Å²) in [6, 6.07) is 15.1. The van der Waals surface area contributed by atoms with E-state index in [9.17, 15) is 25.0 Å². The van der Waals surface area contributed by atoms with Gasteiger partial charge in [-0.2, -0.15) is 5.26 Å². The summed E-state index contributed by atoms with van der Waals surface area (Å²) in [6.45, 7) is 1.97. The Labute approximate surface area is 231 Å². The molecule has 0 heterocycles. The summed E-state index contributed by atoms with van der Waals surface area (Å²) in [7, 11) is 2.87. The zero-order valence-electron chi connectivity index (χ0n) is 21.0. The Morgan fingerprint density at radius 3 is 2.33 bits per heavy atom. The highest BCUT2D eigenvalue weighted by Crippen LogP contribution is 2.38. The number of hydrogen-bond donors (Lipinski definition) is 1. The van der Waals surface area contributed by atoms with Gasteiger partial charge in [0.1, 0.15) is 28.8 Å². The van der Waals surface area contributed by atoms with Crippen molar-refractivity contribution >= 4 is 45.3 Å². The van der Waals surface area contributed by atoms with Crippen LogP contribution in [-0.4, -0.2) is 37.6 Å². The van der Waals surface area contributed by atoms with Gasteiger partial charge in [-0.25, -0.2) is 4.79 Å². The van der Waals surface area contributed by atoms with Gasteiger partial charge >= 0.3 is 5.97 Å². The predicted molar refractivity (Wildman–Crippen MR) is 145 cm³/mol. The monoisotopic (exact) mass is 595 g/mol. The van der Waals surface area contributed by atoms with E-state index in [2.05, 4.69) is 21.2 Å². The third-order valence-electron chi connectivity index (χ3n) is 5.18. The van der Waals surface area contributed by atoms with Gasteiger partial charge < -0.3 is 24.3 Å². The van der Waals surface area contributed by atoms with Gasteiger partial charge in [0.15, 0.2) is 11.5 Å². The third kappa shape index (κ3) is 7.12. The second kappa shape index (κ2) is 13.1. The zero-order chi connectivity index (χ0) is 28.5. The molecule has 0 bridgehead atoms. The number of ether oxygens (including phenoxy) is 4. The largest absolute Gasteiger partial charge is 0.497 e. The number of halogens is 1. The highest BCUT2D eigenvalue weighted by atomic mass is 79.9. The lowest BCUT2D eigenvalue weighted by molar-refractivity contribution is -0.384. The molecule has 1 amide bonds. The van der Waals surface area contributed by atoms with Crippen LogP contribution in [0.2, 0.25) is 0 Å². The van der Waals surface area contributed by atoms with E-state index in [1.807, 2.05) is 0 Å². The minimum Gasteiger partial charge on any atom is -0.497 e. The number of carbonyl (C=O) groups is 2. The molecular formula is C27H22BrN3O8. The number of nitriles is 1. The number of carbonyl (C=O) groups excluding carboxylic acids is 2. The normalized spacial score (nSPS) is 10.7. The number of hydrogen-bond acceptors (Lipinski definition) is 9. The minimum absolute atomic E-state index is 0.103. The molecule has 0 saturated heterocycles. The molecule has 3 aromatic carbocycles. The first-order chi connectivity index (χ1) is 18.7. The molecule has 1 N–H and O–H groups in total. The van der Waals surface area contributed by atoms with Crippen molar-refractivity contribution in [1.82, 2.24) is 0 Å². The molecule has 0 saturated carbocycles. The van der Waals surface area contributed by atoms with Gasteiger partial charge in [0.25, 0.3) is 11.6 Å². The number of amides is 1. The summed E-state index contributed by atoms with van der Waals surface area (Å²) < 4.78 is 21.6. The third-order valence-corrected chi connectivity index (χ3v) is 5.77. The fourth-order valence-electron chi connectivity index (χ4n) is 3.31. The van der Waals surface area contributed by atoms with Crippen LogP contribution in [0, 0.1) is 21.4 Å². The van der Waals surface area contributed by atoms with Crippen LogP contribution in [0.4, 0.5) is 11.4 Å². The maximum absolute atomic E-state index is 12.8.